The van der Waals surface area contributed by atoms with Gasteiger partial charge < -0.3 is 5.73 Å². The Balaban J connectivity index is 3.34. The molecule has 96 valence electrons. The first-order chi connectivity index (χ1) is 7.50. The van der Waals surface area contributed by atoms with Crippen molar-refractivity contribution in [2.24, 2.45) is 0 Å². The minimum absolute atomic E-state index is 0.183. The number of nitrogens with zero attached hydrogens (tertiary/aromatic N) is 2. The largest absolute Gasteiger partial charge is 0.383 e. The molecule has 0 fully saturated rings. The molecule has 0 aliphatic rings. The Morgan fingerprint density at radius 1 is 1.29 bits per heavy atom. The van der Waals surface area contributed by atoms with Crippen LogP contribution in [0.4, 0.5) is 5.82 Å². The van der Waals surface area contributed by atoms with Crippen LogP contribution in [0, 0.1) is 3.57 Å². The van der Waals surface area contributed by atoms with Gasteiger partial charge in [0.25, 0.3) is 0 Å². The average Bonchev–Trinajstić information content (AvgIpc) is 2.06. The third kappa shape index (κ3) is 4.06. The zero-order valence-corrected chi connectivity index (χ0v) is 13.3. The van der Waals surface area contributed by atoms with E-state index < -0.39 is 9.84 Å². The van der Waals surface area contributed by atoms with Gasteiger partial charge in [0.1, 0.15) is 17.4 Å². The van der Waals surface area contributed by atoms with Crippen molar-refractivity contribution in [1.82, 2.24) is 9.97 Å². The van der Waals surface area contributed by atoms with Crippen molar-refractivity contribution in [1.29, 1.82) is 0 Å². The van der Waals surface area contributed by atoms with Crippen LogP contribution in [0.3, 0.4) is 0 Å². The Hall–Kier alpha value is -0.440. The van der Waals surface area contributed by atoms with Crippen molar-refractivity contribution in [2.45, 2.75) is 31.9 Å². The lowest BCUT2D eigenvalue weighted by Gasteiger charge is -2.20. The molecule has 0 spiro atoms. The molecule has 0 unspecified atom stereocenters. The van der Waals surface area contributed by atoms with Crippen molar-refractivity contribution in [2.75, 3.05) is 12.0 Å². The molecule has 5 nitrogen and oxygen atoms in total. The Labute approximate surface area is 115 Å². The van der Waals surface area contributed by atoms with Crippen LogP contribution < -0.4 is 5.73 Å². The average molecular weight is 369 g/mol. The first kappa shape index (κ1) is 14.6. The molecule has 0 amide bonds. The first-order valence-corrected chi connectivity index (χ1v) is 8.15. The second-order valence-electron chi connectivity index (χ2n) is 5.01. The lowest BCUT2D eigenvalue weighted by atomic mass is 9.92. The van der Waals surface area contributed by atoms with Crippen molar-refractivity contribution < 1.29 is 8.42 Å². The topological polar surface area (TPSA) is 85.9 Å². The van der Waals surface area contributed by atoms with E-state index in [9.17, 15) is 8.42 Å². The number of nitrogens with two attached hydrogens (primary N) is 1. The van der Waals surface area contributed by atoms with Gasteiger partial charge in [-0.1, -0.05) is 20.8 Å². The van der Waals surface area contributed by atoms with Gasteiger partial charge in [0.2, 0.25) is 0 Å². The van der Waals surface area contributed by atoms with Gasteiger partial charge in [0.05, 0.1) is 9.26 Å². The van der Waals surface area contributed by atoms with Gasteiger partial charge in [-0.3, -0.25) is 0 Å². The van der Waals surface area contributed by atoms with Crippen LogP contribution >= 0.6 is 22.6 Å². The number of rotatable bonds is 2. The van der Waals surface area contributed by atoms with Crippen molar-refractivity contribution >= 4 is 38.2 Å². The van der Waals surface area contributed by atoms with E-state index in [1.54, 1.807) is 0 Å². The van der Waals surface area contributed by atoms with E-state index in [4.69, 9.17) is 5.73 Å². The minimum atomic E-state index is -3.15. The number of aromatic nitrogens is 2. The van der Waals surface area contributed by atoms with Crippen molar-refractivity contribution in [3.63, 3.8) is 0 Å². The summed E-state index contributed by atoms with van der Waals surface area (Å²) in [5, 5.41) is 0. The van der Waals surface area contributed by atoms with Crippen LogP contribution in [0.15, 0.2) is 0 Å². The van der Waals surface area contributed by atoms with Gasteiger partial charge in [0.15, 0.2) is 9.84 Å². The zero-order chi connectivity index (χ0) is 13.4. The standard InChI is InChI=1S/C10H16IN3O2S/c1-10(2,3)8-7(11)9(12)14-6(13-8)5-17(4,15)16/h5H2,1-4H3,(H2,12,13,14). The lowest BCUT2D eigenvalue weighted by Crippen LogP contribution is -2.20. The number of halogens is 1. The van der Waals surface area contributed by atoms with Crippen LogP contribution in [0.2, 0.25) is 0 Å². The highest BCUT2D eigenvalue weighted by Crippen LogP contribution is 2.28. The fourth-order valence-electron chi connectivity index (χ4n) is 1.31. The molecule has 0 saturated heterocycles. The first-order valence-electron chi connectivity index (χ1n) is 5.01. The fraction of sp³-hybridized carbons (Fsp3) is 0.600. The Kier molecular flexibility index (Phi) is 4.02. The third-order valence-corrected chi connectivity index (χ3v) is 3.87. The molecule has 2 N–H and O–H groups in total. The highest BCUT2D eigenvalue weighted by Gasteiger charge is 2.23. The van der Waals surface area contributed by atoms with Crippen molar-refractivity contribution in [3.05, 3.63) is 15.1 Å². The summed E-state index contributed by atoms with van der Waals surface area (Å²) >= 11 is 2.08. The molecule has 0 aliphatic carbocycles. The maximum Gasteiger partial charge on any atom is 0.154 e. The van der Waals surface area contributed by atoms with E-state index in [1.807, 2.05) is 20.8 Å². The summed E-state index contributed by atoms with van der Waals surface area (Å²) in [6.07, 6.45) is 1.15. The summed E-state index contributed by atoms with van der Waals surface area (Å²) < 4.78 is 23.3. The molecule has 7 heteroatoms. The highest BCUT2D eigenvalue weighted by molar-refractivity contribution is 14.1. The number of anilines is 1. The molecular formula is C10H16IN3O2S. The molecular weight excluding hydrogens is 353 g/mol. The van der Waals surface area contributed by atoms with Crippen LogP contribution in [-0.4, -0.2) is 24.6 Å². The summed E-state index contributed by atoms with van der Waals surface area (Å²) in [4.78, 5) is 8.32. The Morgan fingerprint density at radius 2 is 1.82 bits per heavy atom. The molecule has 1 heterocycles. The number of nitrogen functional groups attached to an aromatic ring is 1. The zero-order valence-electron chi connectivity index (χ0n) is 10.3. The van der Waals surface area contributed by atoms with E-state index in [2.05, 4.69) is 32.6 Å². The maximum atomic E-state index is 11.2. The fourth-order valence-corrected chi connectivity index (χ4v) is 2.96. The van der Waals surface area contributed by atoms with Crippen LogP contribution in [0.5, 0.6) is 0 Å². The molecule has 0 saturated carbocycles. The van der Waals surface area contributed by atoms with Crippen LogP contribution in [-0.2, 0) is 21.0 Å². The molecule has 1 aromatic rings. The lowest BCUT2D eigenvalue weighted by molar-refractivity contribution is 0.558. The number of hydrogen-bond acceptors (Lipinski definition) is 5. The highest BCUT2D eigenvalue weighted by atomic mass is 127. The van der Waals surface area contributed by atoms with E-state index in [0.29, 0.717) is 5.82 Å². The minimum Gasteiger partial charge on any atom is -0.383 e. The SMILES string of the molecule is CC(C)(C)c1nc(CS(C)(=O)=O)nc(N)c1I. The van der Waals surface area contributed by atoms with Gasteiger partial charge in [0, 0.05) is 11.7 Å². The normalized spacial score (nSPS) is 12.8. The van der Waals surface area contributed by atoms with Crippen LogP contribution in [0.1, 0.15) is 32.3 Å². The van der Waals surface area contributed by atoms with Crippen molar-refractivity contribution in [3.8, 4) is 0 Å². The van der Waals surface area contributed by atoms with Gasteiger partial charge in [-0.05, 0) is 22.6 Å². The summed E-state index contributed by atoms with van der Waals surface area (Å²) in [5.74, 6) is 0.413. The molecule has 0 atom stereocenters. The molecule has 0 aliphatic heterocycles. The summed E-state index contributed by atoms with van der Waals surface area (Å²) in [6, 6.07) is 0. The molecule has 0 bridgehead atoms. The quantitative estimate of drug-likeness (QED) is 0.799. The Bertz CT molecular complexity index is 535. The van der Waals surface area contributed by atoms with E-state index in [-0.39, 0.29) is 17.0 Å². The third-order valence-electron chi connectivity index (χ3n) is 2.02. The number of hydrogen-bond donors (Lipinski definition) is 1. The smallest absolute Gasteiger partial charge is 0.154 e. The monoisotopic (exact) mass is 369 g/mol. The summed E-state index contributed by atoms with van der Waals surface area (Å²) in [7, 11) is -3.15. The second-order valence-corrected chi connectivity index (χ2v) is 8.23. The summed E-state index contributed by atoms with van der Waals surface area (Å²) in [5.41, 5.74) is 6.37. The van der Waals surface area contributed by atoms with Gasteiger partial charge in [-0.25, -0.2) is 18.4 Å². The molecule has 1 aromatic heterocycles. The molecule has 0 aromatic carbocycles. The van der Waals surface area contributed by atoms with Crippen LogP contribution in [0.25, 0.3) is 0 Å². The van der Waals surface area contributed by atoms with E-state index in [1.165, 1.54) is 0 Å². The molecule has 1 rings (SSSR count). The van der Waals surface area contributed by atoms with Gasteiger partial charge >= 0.3 is 0 Å². The predicted octanol–water partition coefficient (Wildman–Crippen LogP) is 1.51. The second kappa shape index (κ2) is 4.68. The molecule has 0 radical (unpaired) electrons. The predicted molar refractivity (Wildman–Crippen MR) is 76.4 cm³/mol. The van der Waals surface area contributed by atoms with Gasteiger partial charge in [-0.2, -0.15) is 0 Å². The number of sulfone groups is 1. The van der Waals surface area contributed by atoms with E-state index in [0.717, 1.165) is 15.5 Å². The van der Waals surface area contributed by atoms with Gasteiger partial charge in [-0.15, -0.1) is 0 Å². The molecule has 17 heavy (non-hydrogen) atoms. The summed E-state index contributed by atoms with van der Waals surface area (Å²) in [6.45, 7) is 6.00. The van der Waals surface area contributed by atoms with E-state index >= 15 is 0 Å². The Morgan fingerprint density at radius 3 is 2.24 bits per heavy atom. The maximum absolute atomic E-state index is 11.2.